The van der Waals surface area contributed by atoms with Gasteiger partial charge in [0.2, 0.25) is 15.9 Å². The molecule has 186 valence electrons. The number of sulfonamides is 1. The normalized spacial score (nSPS) is 12.4. The molecule has 0 saturated heterocycles. The molecule has 4 rings (SSSR count). The Bertz CT molecular complexity index is 1660. The number of fused-ring (bicyclic) bond motifs is 1. The van der Waals surface area contributed by atoms with E-state index in [2.05, 4.69) is 10.0 Å². The zero-order valence-electron chi connectivity index (χ0n) is 20.1. The zero-order chi connectivity index (χ0) is 26.0. The van der Waals surface area contributed by atoms with Gasteiger partial charge in [0.1, 0.15) is 6.04 Å². The Labute approximate surface area is 208 Å². The van der Waals surface area contributed by atoms with Crippen LogP contribution in [0.1, 0.15) is 11.1 Å². The smallest absolute Gasteiger partial charge is 0.325 e. The fourth-order valence-corrected chi connectivity index (χ4v) is 5.12. The molecule has 0 aliphatic heterocycles. The summed E-state index contributed by atoms with van der Waals surface area (Å²) < 4.78 is 31.4. The summed E-state index contributed by atoms with van der Waals surface area (Å²) in [6.45, 7) is 1.92. The number of hydrogen-bond donors (Lipinski definition) is 2. The summed E-state index contributed by atoms with van der Waals surface area (Å²) in [5.74, 6) is -0.523. The number of carbonyl (C=O) groups is 1. The summed E-state index contributed by atoms with van der Waals surface area (Å²) in [7, 11) is -1.38. The van der Waals surface area contributed by atoms with Crippen LogP contribution in [0.25, 0.3) is 10.9 Å². The van der Waals surface area contributed by atoms with Crippen molar-refractivity contribution in [2.24, 2.45) is 14.1 Å². The Morgan fingerprint density at radius 3 is 2.25 bits per heavy atom. The molecule has 0 saturated carbocycles. The van der Waals surface area contributed by atoms with Gasteiger partial charge in [-0.05, 0) is 49.2 Å². The zero-order valence-corrected chi connectivity index (χ0v) is 20.9. The van der Waals surface area contributed by atoms with Gasteiger partial charge in [0.25, 0.3) is 5.56 Å². The molecule has 0 aliphatic rings. The molecule has 10 heteroatoms. The number of aryl methyl sites for hydroxylation is 2. The molecule has 0 radical (unpaired) electrons. The third kappa shape index (κ3) is 5.14. The number of rotatable bonds is 7. The number of aromatic nitrogens is 2. The fourth-order valence-electron chi connectivity index (χ4n) is 3.90. The van der Waals surface area contributed by atoms with Crippen LogP contribution in [-0.2, 0) is 35.3 Å². The highest BCUT2D eigenvalue weighted by Crippen LogP contribution is 2.17. The Balaban J connectivity index is 1.70. The summed E-state index contributed by atoms with van der Waals surface area (Å²) in [5.41, 5.74) is 1.51. The third-order valence-corrected chi connectivity index (χ3v) is 7.43. The van der Waals surface area contributed by atoms with Crippen molar-refractivity contribution >= 4 is 32.5 Å². The van der Waals surface area contributed by atoms with Gasteiger partial charge in [-0.15, -0.1) is 0 Å². The summed E-state index contributed by atoms with van der Waals surface area (Å²) in [6.07, 6.45) is 0.113. The minimum Gasteiger partial charge on any atom is -0.325 e. The van der Waals surface area contributed by atoms with E-state index in [1.807, 2.05) is 37.3 Å². The first-order chi connectivity index (χ1) is 17.1. The molecule has 0 fully saturated rings. The van der Waals surface area contributed by atoms with Gasteiger partial charge in [-0.3, -0.25) is 18.7 Å². The average molecular weight is 507 g/mol. The van der Waals surface area contributed by atoms with E-state index >= 15 is 0 Å². The predicted molar refractivity (Wildman–Crippen MR) is 138 cm³/mol. The lowest BCUT2D eigenvalue weighted by atomic mass is 10.1. The third-order valence-electron chi connectivity index (χ3n) is 5.96. The van der Waals surface area contributed by atoms with Crippen molar-refractivity contribution in [2.75, 3.05) is 5.32 Å². The van der Waals surface area contributed by atoms with E-state index in [4.69, 9.17) is 0 Å². The van der Waals surface area contributed by atoms with Gasteiger partial charge in [-0.2, -0.15) is 4.72 Å². The molecule has 3 aromatic carbocycles. The molecule has 1 amide bonds. The highest BCUT2D eigenvalue weighted by molar-refractivity contribution is 7.89. The number of amides is 1. The topological polar surface area (TPSA) is 119 Å². The van der Waals surface area contributed by atoms with Crippen molar-refractivity contribution in [1.29, 1.82) is 0 Å². The summed E-state index contributed by atoms with van der Waals surface area (Å²) in [6, 6.07) is 19.0. The highest BCUT2D eigenvalue weighted by atomic mass is 32.2. The molecule has 0 unspecified atom stereocenters. The van der Waals surface area contributed by atoms with Gasteiger partial charge < -0.3 is 5.32 Å². The lowest BCUT2D eigenvalue weighted by molar-refractivity contribution is -0.117. The average Bonchev–Trinajstić information content (AvgIpc) is 2.87. The van der Waals surface area contributed by atoms with E-state index in [1.165, 1.54) is 36.9 Å². The molecule has 2 N–H and O–H groups in total. The Morgan fingerprint density at radius 2 is 1.58 bits per heavy atom. The van der Waals surface area contributed by atoms with Crippen LogP contribution in [0, 0.1) is 6.92 Å². The van der Waals surface area contributed by atoms with Crippen LogP contribution in [0.4, 0.5) is 5.69 Å². The highest BCUT2D eigenvalue weighted by Gasteiger charge is 2.27. The lowest BCUT2D eigenvalue weighted by Crippen LogP contribution is -2.45. The van der Waals surface area contributed by atoms with E-state index in [9.17, 15) is 22.8 Å². The van der Waals surface area contributed by atoms with Crippen LogP contribution in [0.5, 0.6) is 0 Å². The quantitative estimate of drug-likeness (QED) is 0.398. The maximum absolute atomic E-state index is 13.4. The molecule has 1 aromatic heterocycles. The summed E-state index contributed by atoms with van der Waals surface area (Å²) in [4.78, 5) is 37.8. The second kappa shape index (κ2) is 9.92. The summed E-state index contributed by atoms with van der Waals surface area (Å²) in [5, 5.41) is 2.84. The van der Waals surface area contributed by atoms with E-state index in [0.717, 1.165) is 15.7 Å². The molecule has 1 heterocycles. The lowest BCUT2D eigenvalue weighted by Gasteiger charge is -2.19. The van der Waals surface area contributed by atoms with Gasteiger partial charge in [0.05, 0.1) is 15.8 Å². The summed E-state index contributed by atoms with van der Waals surface area (Å²) >= 11 is 0. The van der Waals surface area contributed by atoms with E-state index < -0.39 is 33.2 Å². The molecule has 0 aliphatic carbocycles. The molecular formula is C26H26N4O5S. The first kappa shape index (κ1) is 25.1. The van der Waals surface area contributed by atoms with E-state index in [0.29, 0.717) is 11.2 Å². The minimum atomic E-state index is -4.21. The van der Waals surface area contributed by atoms with Crippen LogP contribution in [0.15, 0.2) is 87.3 Å². The van der Waals surface area contributed by atoms with E-state index in [-0.39, 0.29) is 16.7 Å². The van der Waals surface area contributed by atoms with Crippen molar-refractivity contribution < 1.29 is 13.2 Å². The van der Waals surface area contributed by atoms with Crippen molar-refractivity contribution in [3.05, 3.63) is 105 Å². The first-order valence-corrected chi connectivity index (χ1v) is 12.7. The second-order valence-corrected chi connectivity index (χ2v) is 10.3. The monoisotopic (exact) mass is 506 g/mol. The van der Waals surface area contributed by atoms with Crippen LogP contribution in [0.3, 0.4) is 0 Å². The number of nitrogens with one attached hydrogen (secondary N) is 2. The molecular weight excluding hydrogens is 480 g/mol. The van der Waals surface area contributed by atoms with Gasteiger partial charge in [0, 0.05) is 19.8 Å². The van der Waals surface area contributed by atoms with Crippen LogP contribution < -0.4 is 21.3 Å². The van der Waals surface area contributed by atoms with Crippen LogP contribution in [0.2, 0.25) is 0 Å². The minimum absolute atomic E-state index is 0.0752. The Kier molecular flexibility index (Phi) is 6.91. The van der Waals surface area contributed by atoms with Gasteiger partial charge in [0.15, 0.2) is 0 Å². The maximum atomic E-state index is 13.4. The number of benzene rings is 3. The maximum Gasteiger partial charge on any atom is 0.330 e. The van der Waals surface area contributed by atoms with Gasteiger partial charge in [-0.1, -0.05) is 48.0 Å². The largest absolute Gasteiger partial charge is 0.330 e. The van der Waals surface area contributed by atoms with Crippen molar-refractivity contribution in [3.8, 4) is 0 Å². The predicted octanol–water partition coefficient (Wildman–Crippen LogP) is 2.07. The SMILES string of the molecule is Cc1ccc(NC(=O)[C@H](Cc2ccccc2)NS(=O)(=O)c2ccc3c(c2)c(=O)n(C)c(=O)n3C)cc1. The molecule has 0 bridgehead atoms. The van der Waals surface area contributed by atoms with Gasteiger partial charge in [-0.25, -0.2) is 13.2 Å². The van der Waals surface area contributed by atoms with Crippen LogP contribution in [-0.4, -0.2) is 29.5 Å². The molecule has 1 atom stereocenters. The number of nitrogens with zero attached hydrogens (tertiary/aromatic N) is 2. The van der Waals surface area contributed by atoms with Crippen molar-refractivity contribution in [3.63, 3.8) is 0 Å². The first-order valence-electron chi connectivity index (χ1n) is 11.2. The number of hydrogen-bond acceptors (Lipinski definition) is 5. The van der Waals surface area contributed by atoms with Crippen LogP contribution >= 0.6 is 0 Å². The number of carbonyl (C=O) groups excluding carboxylic acids is 1. The number of anilines is 1. The van der Waals surface area contributed by atoms with Crippen molar-refractivity contribution in [2.45, 2.75) is 24.3 Å². The molecule has 0 spiro atoms. The van der Waals surface area contributed by atoms with Gasteiger partial charge >= 0.3 is 5.69 Å². The Hall–Kier alpha value is -4.02. The van der Waals surface area contributed by atoms with E-state index in [1.54, 1.807) is 24.3 Å². The molecule has 9 nitrogen and oxygen atoms in total. The van der Waals surface area contributed by atoms with Crippen molar-refractivity contribution in [1.82, 2.24) is 13.9 Å². The molecule has 36 heavy (non-hydrogen) atoms. The molecule has 4 aromatic rings. The second-order valence-electron chi connectivity index (χ2n) is 8.60. The fraction of sp³-hybridized carbons (Fsp3) is 0.192. The standard InChI is InChI=1S/C26H26N4O5S/c1-17-9-11-19(12-10-17)27-24(31)22(15-18-7-5-4-6-8-18)28-36(34,35)20-13-14-23-21(16-20)25(32)30(3)26(33)29(23)2/h4-14,16,22,28H,15H2,1-3H3,(H,27,31)/t22-/m0/s1. The Morgan fingerprint density at radius 1 is 0.917 bits per heavy atom.